The summed E-state index contributed by atoms with van der Waals surface area (Å²) in [6.45, 7) is 8.47. The summed E-state index contributed by atoms with van der Waals surface area (Å²) in [6.07, 6.45) is 8.54. The molecule has 3 heterocycles. The standard InChI is InChI=1S/C31H34F2N4O3.C2H6/c1-3-19-13-20(15-22(34)14-19)23-6-9-35-17-27(23)37-30(38)26-5-4-24(32)29(36-26)28-18(2)12-21(16-25(28)33)31(39)7-10-40-11-8-31;1-2/h4-6,9,12,14,16-17,20,22,39H,3,7-8,10-11,13,15,34H2,1-2H3,(H,37,38);1-2H3. The van der Waals surface area contributed by atoms with Crippen LogP contribution in [0.15, 0.2) is 54.4 Å². The van der Waals surface area contributed by atoms with Crippen molar-refractivity contribution in [3.8, 4) is 11.3 Å². The fourth-order valence-electron chi connectivity index (χ4n) is 5.77. The second-order valence-electron chi connectivity index (χ2n) is 10.7. The molecule has 3 aromatic rings. The first kappa shape index (κ1) is 31.4. The van der Waals surface area contributed by atoms with Crippen LogP contribution in [0.4, 0.5) is 14.5 Å². The lowest BCUT2D eigenvalue weighted by atomic mass is 9.81. The average Bonchev–Trinajstić information content (AvgIpc) is 2.99. The van der Waals surface area contributed by atoms with Crippen molar-refractivity contribution in [3.05, 3.63) is 88.4 Å². The van der Waals surface area contributed by atoms with Gasteiger partial charge in [0.25, 0.3) is 5.91 Å². The molecule has 0 bridgehead atoms. The monoisotopic (exact) mass is 578 g/mol. The Balaban J connectivity index is 0.00000198. The minimum absolute atomic E-state index is 0.0521. The van der Waals surface area contributed by atoms with Crippen LogP contribution in [0.5, 0.6) is 0 Å². The SMILES string of the molecule is CC.CCC1=CC(N)CC(c2ccncc2NC(=O)c2ccc(F)c(-c3c(C)cc(C4(O)CCOCC4)cc3F)n2)C1. The Labute approximate surface area is 246 Å². The van der Waals surface area contributed by atoms with Gasteiger partial charge >= 0.3 is 0 Å². The number of ether oxygens (including phenoxy) is 1. The third-order valence-electron chi connectivity index (χ3n) is 7.97. The van der Waals surface area contributed by atoms with Gasteiger partial charge in [0.2, 0.25) is 0 Å². The van der Waals surface area contributed by atoms with Gasteiger partial charge in [-0.3, -0.25) is 9.78 Å². The summed E-state index contributed by atoms with van der Waals surface area (Å²) in [5.74, 6) is -1.92. The van der Waals surface area contributed by atoms with E-state index in [1.165, 1.54) is 17.7 Å². The summed E-state index contributed by atoms with van der Waals surface area (Å²) >= 11 is 0. The van der Waals surface area contributed by atoms with Crippen LogP contribution in [0.2, 0.25) is 0 Å². The van der Waals surface area contributed by atoms with Gasteiger partial charge in [-0.25, -0.2) is 13.8 Å². The Kier molecular flexibility index (Phi) is 10.2. The van der Waals surface area contributed by atoms with E-state index in [9.17, 15) is 14.3 Å². The maximum atomic E-state index is 15.5. The van der Waals surface area contributed by atoms with Crippen molar-refractivity contribution in [2.24, 2.45) is 5.73 Å². The van der Waals surface area contributed by atoms with Gasteiger partial charge in [0.15, 0.2) is 0 Å². The highest BCUT2D eigenvalue weighted by molar-refractivity contribution is 6.03. The summed E-state index contributed by atoms with van der Waals surface area (Å²) < 4.78 is 35.8. The van der Waals surface area contributed by atoms with E-state index in [-0.39, 0.29) is 28.9 Å². The van der Waals surface area contributed by atoms with Crippen molar-refractivity contribution in [2.45, 2.75) is 77.4 Å². The Morgan fingerprint density at radius 3 is 2.60 bits per heavy atom. The van der Waals surface area contributed by atoms with Gasteiger partial charge in [-0.15, -0.1) is 0 Å². The highest BCUT2D eigenvalue weighted by Gasteiger charge is 2.33. The van der Waals surface area contributed by atoms with Crippen LogP contribution in [-0.4, -0.2) is 40.2 Å². The maximum absolute atomic E-state index is 15.5. The van der Waals surface area contributed by atoms with E-state index in [1.807, 2.05) is 19.9 Å². The molecule has 2 unspecified atom stereocenters. The van der Waals surface area contributed by atoms with Crippen LogP contribution >= 0.6 is 0 Å². The van der Waals surface area contributed by atoms with Crippen LogP contribution in [0.1, 0.15) is 86.0 Å². The van der Waals surface area contributed by atoms with Crippen LogP contribution in [0, 0.1) is 18.6 Å². The van der Waals surface area contributed by atoms with Crippen LogP contribution in [0.3, 0.4) is 0 Å². The molecular weight excluding hydrogens is 538 g/mol. The number of amides is 1. The smallest absolute Gasteiger partial charge is 0.274 e. The molecule has 7 nitrogen and oxygen atoms in total. The average molecular weight is 579 g/mol. The Morgan fingerprint density at radius 1 is 1.17 bits per heavy atom. The number of aromatic nitrogens is 2. The van der Waals surface area contributed by atoms with Gasteiger partial charge in [0.1, 0.15) is 23.0 Å². The summed E-state index contributed by atoms with van der Waals surface area (Å²) in [5.41, 5.74) is 8.21. The Hall–Kier alpha value is -3.53. The Bertz CT molecular complexity index is 1430. The summed E-state index contributed by atoms with van der Waals surface area (Å²) in [5, 5.41) is 13.9. The predicted molar refractivity (Wildman–Crippen MR) is 160 cm³/mol. The number of carbonyl (C=O) groups excluding carboxylic acids is 1. The normalized spacial score (nSPS) is 19.8. The lowest BCUT2D eigenvalue weighted by Gasteiger charge is -2.33. The fourth-order valence-corrected chi connectivity index (χ4v) is 5.77. The molecule has 2 atom stereocenters. The number of anilines is 1. The molecule has 5 rings (SSSR count). The minimum Gasteiger partial charge on any atom is -0.385 e. The molecule has 1 amide bonds. The summed E-state index contributed by atoms with van der Waals surface area (Å²) in [6, 6.07) is 7.05. The second-order valence-corrected chi connectivity index (χ2v) is 10.7. The number of halogens is 2. The molecule has 42 heavy (non-hydrogen) atoms. The first-order valence-corrected chi connectivity index (χ1v) is 14.7. The van der Waals surface area contributed by atoms with E-state index in [4.69, 9.17) is 10.5 Å². The zero-order chi connectivity index (χ0) is 30.4. The second kappa shape index (κ2) is 13.6. The minimum atomic E-state index is -1.21. The highest BCUT2D eigenvalue weighted by atomic mass is 19.1. The van der Waals surface area contributed by atoms with Gasteiger partial charge in [0.05, 0.1) is 17.5 Å². The van der Waals surface area contributed by atoms with E-state index in [0.29, 0.717) is 42.9 Å². The molecule has 4 N–H and O–H groups in total. The first-order valence-electron chi connectivity index (χ1n) is 14.7. The number of aliphatic hydroxyl groups is 1. The van der Waals surface area contributed by atoms with E-state index in [0.717, 1.165) is 30.9 Å². The van der Waals surface area contributed by atoms with E-state index < -0.39 is 23.1 Å². The molecule has 9 heteroatoms. The number of aryl methyl sites for hydroxylation is 1. The molecule has 0 spiro atoms. The van der Waals surface area contributed by atoms with Crippen molar-refractivity contribution < 1.29 is 23.4 Å². The zero-order valence-corrected chi connectivity index (χ0v) is 24.7. The van der Waals surface area contributed by atoms with E-state index >= 15 is 4.39 Å². The number of allylic oxidation sites excluding steroid dienone is 1. The molecule has 1 saturated heterocycles. The van der Waals surface area contributed by atoms with Crippen LogP contribution in [0.25, 0.3) is 11.3 Å². The Morgan fingerprint density at radius 2 is 1.90 bits per heavy atom. The van der Waals surface area contributed by atoms with E-state index in [2.05, 4.69) is 28.3 Å². The maximum Gasteiger partial charge on any atom is 0.274 e. The largest absolute Gasteiger partial charge is 0.385 e. The molecular formula is C33H40F2N4O3. The van der Waals surface area contributed by atoms with Crippen LogP contribution < -0.4 is 11.1 Å². The number of hydrogen-bond acceptors (Lipinski definition) is 6. The highest BCUT2D eigenvalue weighted by Crippen LogP contribution is 2.38. The molecule has 1 aliphatic carbocycles. The van der Waals surface area contributed by atoms with Gasteiger partial charge in [-0.1, -0.05) is 38.5 Å². The fraction of sp³-hybridized carbons (Fsp3) is 0.424. The van der Waals surface area contributed by atoms with Crippen molar-refractivity contribution in [2.75, 3.05) is 18.5 Å². The summed E-state index contributed by atoms with van der Waals surface area (Å²) in [4.78, 5) is 21.7. The van der Waals surface area contributed by atoms with Crippen molar-refractivity contribution in [1.82, 2.24) is 9.97 Å². The number of nitrogens with one attached hydrogen (secondary N) is 1. The van der Waals surface area contributed by atoms with Crippen molar-refractivity contribution >= 4 is 11.6 Å². The van der Waals surface area contributed by atoms with Crippen molar-refractivity contribution in [1.29, 1.82) is 0 Å². The van der Waals surface area contributed by atoms with Gasteiger partial charge in [0, 0.05) is 43.9 Å². The molecule has 1 fully saturated rings. The molecule has 1 aliphatic heterocycles. The lowest BCUT2D eigenvalue weighted by molar-refractivity contribution is -0.0680. The molecule has 0 saturated carbocycles. The number of nitrogens with two attached hydrogens (primary N) is 1. The number of hydrogen-bond donors (Lipinski definition) is 3. The number of carbonyl (C=O) groups is 1. The topological polar surface area (TPSA) is 110 Å². The first-order chi connectivity index (χ1) is 20.2. The third-order valence-corrected chi connectivity index (χ3v) is 7.97. The number of pyridine rings is 2. The summed E-state index contributed by atoms with van der Waals surface area (Å²) in [7, 11) is 0. The molecule has 2 aliphatic rings. The number of rotatable bonds is 6. The molecule has 2 aromatic heterocycles. The molecule has 0 radical (unpaired) electrons. The lowest BCUT2D eigenvalue weighted by Crippen LogP contribution is -2.33. The zero-order valence-electron chi connectivity index (χ0n) is 24.7. The molecule has 1 aromatic carbocycles. The number of benzene rings is 1. The van der Waals surface area contributed by atoms with Gasteiger partial charge < -0.3 is 20.9 Å². The van der Waals surface area contributed by atoms with Crippen molar-refractivity contribution in [3.63, 3.8) is 0 Å². The molecule has 224 valence electrons. The van der Waals surface area contributed by atoms with E-state index in [1.54, 1.807) is 25.4 Å². The van der Waals surface area contributed by atoms with Gasteiger partial charge in [-0.2, -0.15) is 0 Å². The predicted octanol–water partition coefficient (Wildman–Crippen LogP) is 6.55. The number of nitrogens with zero attached hydrogens (tertiary/aromatic N) is 2. The van der Waals surface area contributed by atoms with Crippen LogP contribution in [-0.2, 0) is 10.3 Å². The quantitative estimate of drug-likeness (QED) is 0.286. The van der Waals surface area contributed by atoms with Gasteiger partial charge in [-0.05, 0) is 73.1 Å². The third kappa shape index (κ3) is 6.75.